The molecule has 0 spiro atoms. The summed E-state index contributed by atoms with van der Waals surface area (Å²) in [6, 6.07) is -0.317. The summed E-state index contributed by atoms with van der Waals surface area (Å²) in [4.78, 5) is 0. The fourth-order valence-electron chi connectivity index (χ4n) is 5.75. The van der Waals surface area contributed by atoms with Crippen LogP contribution in [-0.4, -0.2) is 0 Å². The SMILES string of the molecule is [2H]c1c([2H])c([2H])c(-c2c([2H])c([2H])c([2H])c([2H])c2-c2c3ccccc3c(-c3c([2H])c([2H])c4c(oc5c([2H])c([2H])c(-c6c([2H])c([2H])c([2H])c([2H])c6[2H])c([2H])c54)c3[2H])c3ccccc23)c([2H])c1[2H]. The van der Waals surface area contributed by atoms with Gasteiger partial charge in [0.15, 0.2) is 0 Å². The molecule has 210 valence electrons. The molecule has 1 heteroatoms. The molecule has 0 bridgehead atoms. The van der Waals surface area contributed by atoms with Gasteiger partial charge in [-0.2, -0.15) is 0 Å². The molecule has 0 saturated carbocycles. The van der Waals surface area contributed by atoms with Crippen LogP contribution in [0.2, 0.25) is 0 Å². The molecule has 0 amide bonds. The first-order valence-electron chi connectivity index (χ1n) is 23.8. The zero-order valence-corrected chi connectivity index (χ0v) is 23.0. The molecular formula is C44H28O. The van der Waals surface area contributed by atoms with Crippen molar-refractivity contribution in [1.82, 2.24) is 0 Å². The van der Waals surface area contributed by atoms with E-state index in [-0.39, 0.29) is 44.2 Å². The summed E-state index contributed by atoms with van der Waals surface area (Å²) in [5, 5.41) is 0.635. The van der Waals surface area contributed by atoms with Crippen molar-refractivity contribution in [1.29, 1.82) is 0 Å². The van der Waals surface area contributed by atoms with Crippen LogP contribution in [0.3, 0.4) is 0 Å². The Balaban J connectivity index is 1.42. The van der Waals surface area contributed by atoms with Crippen LogP contribution >= 0.6 is 0 Å². The van der Waals surface area contributed by atoms with E-state index in [9.17, 15) is 6.85 Å². The van der Waals surface area contributed by atoms with E-state index < -0.39 is 143 Å². The molecule has 0 aliphatic carbocycles. The van der Waals surface area contributed by atoms with Gasteiger partial charge in [0.25, 0.3) is 0 Å². The summed E-state index contributed by atoms with van der Waals surface area (Å²) in [5.74, 6) is 0. The van der Waals surface area contributed by atoms with Crippen LogP contribution in [0.5, 0.6) is 0 Å². The quantitative estimate of drug-likeness (QED) is 0.185. The second-order valence-electron chi connectivity index (χ2n) is 10.1. The maximum Gasteiger partial charge on any atom is 0.136 e. The first kappa shape index (κ1) is 12.6. The summed E-state index contributed by atoms with van der Waals surface area (Å²) < 4.78 is 182. The van der Waals surface area contributed by atoms with E-state index >= 15 is 0 Å². The molecule has 0 saturated heterocycles. The Bertz CT molecular complexity index is 3550. The van der Waals surface area contributed by atoms with Gasteiger partial charge in [0.05, 0.1) is 27.4 Å². The van der Waals surface area contributed by atoms with Crippen LogP contribution in [0.25, 0.3) is 88.0 Å². The average Bonchev–Trinajstić information content (AvgIpc) is 3.71. The van der Waals surface area contributed by atoms with Gasteiger partial charge in [-0.15, -0.1) is 0 Å². The van der Waals surface area contributed by atoms with Crippen molar-refractivity contribution >= 4 is 43.5 Å². The number of benzene rings is 8. The Kier molecular flexibility index (Phi) is 2.90. The maximum absolute atomic E-state index is 9.65. The monoisotopic (exact) mass is 592 g/mol. The van der Waals surface area contributed by atoms with Crippen molar-refractivity contribution in [3.05, 3.63) is 169 Å². The number of furan rings is 1. The van der Waals surface area contributed by atoms with Crippen LogP contribution < -0.4 is 0 Å². The van der Waals surface area contributed by atoms with E-state index in [2.05, 4.69) is 0 Å². The van der Waals surface area contributed by atoms with E-state index in [1.807, 2.05) is 0 Å². The highest BCUT2D eigenvalue weighted by Crippen LogP contribution is 2.46. The third kappa shape index (κ3) is 4.17. The molecule has 0 N–H and O–H groups in total. The molecule has 1 aromatic heterocycles. The molecule has 0 unspecified atom stereocenters. The minimum Gasteiger partial charge on any atom is -0.456 e. The van der Waals surface area contributed by atoms with E-state index in [0.717, 1.165) is 0 Å². The molecule has 8 aromatic carbocycles. The van der Waals surface area contributed by atoms with Gasteiger partial charge < -0.3 is 4.42 Å². The average molecular weight is 593 g/mol. The van der Waals surface area contributed by atoms with Gasteiger partial charge in [0.2, 0.25) is 0 Å². The Morgan fingerprint density at radius 2 is 0.911 bits per heavy atom. The molecule has 1 nitrogen and oxygen atoms in total. The minimum atomic E-state index is -0.736. The van der Waals surface area contributed by atoms with E-state index in [1.165, 1.54) is 0 Å². The summed E-state index contributed by atoms with van der Waals surface area (Å²) in [6.45, 7) is 0. The van der Waals surface area contributed by atoms with Crippen molar-refractivity contribution in [2.45, 2.75) is 0 Å². The molecule has 0 aliphatic rings. The number of fused-ring (bicyclic) bond motifs is 5. The first-order valence-corrected chi connectivity index (χ1v) is 13.8. The van der Waals surface area contributed by atoms with Gasteiger partial charge in [-0.25, -0.2) is 0 Å². The Labute approximate surface area is 289 Å². The maximum atomic E-state index is 9.65. The lowest BCUT2D eigenvalue weighted by molar-refractivity contribution is 0.669. The van der Waals surface area contributed by atoms with Crippen molar-refractivity contribution in [2.75, 3.05) is 0 Å². The van der Waals surface area contributed by atoms with Gasteiger partial charge in [0, 0.05) is 10.8 Å². The van der Waals surface area contributed by atoms with Gasteiger partial charge in [0.1, 0.15) is 11.2 Å². The smallest absolute Gasteiger partial charge is 0.136 e. The molecule has 0 radical (unpaired) electrons. The van der Waals surface area contributed by atoms with Gasteiger partial charge in [-0.05, 0) is 90.2 Å². The molecular weight excluding hydrogens is 544 g/mol. The van der Waals surface area contributed by atoms with Crippen LogP contribution in [0.4, 0.5) is 0 Å². The Hall–Kier alpha value is -5.92. The fourth-order valence-corrected chi connectivity index (χ4v) is 5.75. The molecule has 9 aromatic rings. The summed E-state index contributed by atoms with van der Waals surface area (Å²) in [5.41, 5.74) is -2.57. The fraction of sp³-hybridized carbons (Fsp3) is 0. The molecule has 45 heavy (non-hydrogen) atoms. The first-order chi connectivity index (χ1) is 30.7. The third-order valence-electron chi connectivity index (χ3n) is 7.63. The lowest BCUT2D eigenvalue weighted by Crippen LogP contribution is -1.92. The molecule has 9 rings (SSSR count). The highest BCUT2D eigenvalue weighted by molar-refractivity contribution is 6.23. The highest BCUT2D eigenvalue weighted by Gasteiger charge is 2.19. The van der Waals surface area contributed by atoms with E-state index in [4.69, 9.17) is 25.0 Å². The van der Waals surface area contributed by atoms with Gasteiger partial charge in [-0.3, -0.25) is 0 Å². The minimum absolute atomic E-state index is 0.156. The van der Waals surface area contributed by atoms with Gasteiger partial charge >= 0.3 is 0 Å². The Morgan fingerprint density at radius 1 is 0.356 bits per heavy atom. The molecule has 0 aliphatic heterocycles. The zero-order chi connectivity index (χ0) is 47.1. The predicted molar refractivity (Wildman–Crippen MR) is 190 cm³/mol. The second-order valence-corrected chi connectivity index (χ2v) is 10.1. The number of rotatable bonds is 4. The molecule has 1 heterocycles. The van der Waals surface area contributed by atoms with Crippen LogP contribution in [0.15, 0.2) is 174 Å². The van der Waals surface area contributed by atoms with Crippen molar-refractivity contribution in [3.63, 3.8) is 0 Å². The van der Waals surface area contributed by atoms with E-state index in [1.54, 1.807) is 48.5 Å². The highest BCUT2D eigenvalue weighted by atomic mass is 16.3. The summed E-state index contributed by atoms with van der Waals surface area (Å²) >= 11 is 0. The molecule has 0 atom stereocenters. The standard InChI is InChI=1S/C44H28O/c1-3-13-29(14-4-1)31-24-26-41-40(27-31)34-25-23-32(28-42(34)45-41)43-36-19-9-11-21-38(36)44(39-22-12-10-20-37(39)43)35-18-8-7-17-33(35)30-15-5-2-6-16-30/h1-28H/i1D,2D,3D,4D,5D,6D,7D,8D,13D,14D,15D,16D,17D,18D,23D,24D,25D,26D,27D,28D. The van der Waals surface area contributed by atoms with Crippen LogP contribution in [-0.2, 0) is 0 Å². The zero-order valence-electron chi connectivity index (χ0n) is 43.0. The normalized spacial score (nSPS) is 17.8. The summed E-state index contributed by atoms with van der Waals surface area (Å²) in [6.07, 6.45) is 0. The Morgan fingerprint density at radius 3 is 1.58 bits per heavy atom. The van der Waals surface area contributed by atoms with Crippen LogP contribution in [0, 0.1) is 0 Å². The lowest BCUT2D eigenvalue weighted by atomic mass is 9.84. The van der Waals surface area contributed by atoms with Crippen LogP contribution in [0.1, 0.15) is 27.4 Å². The number of hydrogen-bond acceptors (Lipinski definition) is 1. The van der Waals surface area contributed by atoms with Crippen molar-refractivity contribution in [3.8, 4) is 44.5 Å². The van der Waals surface area contributed by atoms with E-state index in [0.29, 0.717) is 21.5 Å². The topological polar surface area (TPSA) is 13.1 Å². The van der Waals surface area contributed by atoms with Crippen molar-refractivity contribution in [2.24, 2.45) is 0 Å². The number of hydrogen-bond donors (Lipinski definition) is 0. The molecule has 0 fully saturated rings. The second kappa shape index (κ2) is 10.4. The largest absolute Gasteiger partial charge is 0.456 e. The predicted octanol–water partition coefficient (Wildman–Crippen LogP) is 12.6. The lowest BCUT2D eigenvalue weighted by Gasteiger charge is -2.19. The third-order valence-corrected chi connectivity index (χ3v) is 7.63. The summed E-state index contributed by atoms with van der Waals surface area (Å²) in [7, 11) is 0. The van der Waals surface area contributed by atoms with Crippen molar-refractivity contribution < 1.29 is 31.8 Å². The van der Waals surface area contributed by atoms with Gasteiger partial charge in [-0.1, -0.05) is 145 Å².